The zero-order chi connectivity index (χ0) is 11.8. The molecule has 2 heterocycles. The lowest BCUT2D eigenvalue weighted by Gasteiger charge is -2.29. The van der Waals surface area contributed by atoms with E-state index in [1.54, 1.807) is 0 Å². The number of nitrogens with zero attached hydrogens (tertiary/aromatic N) is 1. The predicted molar refractivity (Wildman–Crippen MR) is 69.3 cm³/mol. The monoisotopic (exact) mass is 250 g/mol. The van der Waals surface area contributed by atoms with E-state index in [0.717, 1.165) is 35.0 Å². The van der Waals surface area contributed by atoms with E-state index in [9.17, 15) is 0 Å². The van der Waals surface area contributed by atoms with Crippen molar-refractivity contribution in [1.82, 2.24) is 20.6 Å². The van der Waals surface area contributed by atoms with E-state index < -0.39 is 0 Å². The molecule has 0 saturated carbocycles. The van der Waals surface area contributed by atoms with E-state index in [-0.39, 0.29) is 6.04 Å². The summed E-state index contributed by atoms with van der Waals surface area (Å²) >= 11 is 5.97. The maximum atomic E-state index is 5.97. The van der Waals surface area contributed by atoms with Crippen LogP contribution in [0.1, 0.15) is 18.8 Å². The molecule has 0 bridgehead atoms. The lowest BCUT2D eigenvalue weighted by atomic mass is 10.1. The van der Waals surface area contributed by atoms with Crippen LogP contribution in [0.3, 0.4) is 0 Å². The van der Waals surface area contributed by atoms with Gasteiger partial charge in [0.1, 0.15) is 5.82 Å². The molecular formula is C12H15ClN4. The van der Waals surface area contributed by atoms with E-state index in [1.807, 2.05) is 18.2 Å². The summed E-state index contributed by atoms with van der Waals surface area (Å²) in [6.45, 7) is 4.13. The van der Waals surface area contributed by atoms with Gasteiger partial charge in [0.2, 0.25) is 0 Å². The van der Waals surface area contributed by atoms with E-state index in [1.165, 1.54) is 0 Å². The van der Waals surface area contributed by atoms with Crippen molar-refractivity contribution >= 4 is 22.6 Å². The molecule has 1 saturated heterocycles. The molecule has 1 aliphatic heterocycles. The molecule has 1 aliphatic rings. The van der Waals surface area contributed by atoms with Crippen LogP contribution in [0.4, 0.5) is 0 Å². The molecule has 1 aromatic heterocycles. The first kappa shape index (κ1) is 11.0. The Hall–Kier alpha value is -1.10. The number of benzene rings is 1. The minimum absolute atomic E-state index is 0.231. The third-order valence-electron chi connectivity index (χ3n) is 3.21. The van der Waals surface area contributed by atoms with Gasteiger partial charge in [-0.15, -0.1) is 0 Å². The summed E-state index contributed by atoms with van der Waals surface area (Å²) in [4.78, 5) is 7.95. The van der Waals surface area contributed by atoms with Gasteiger partial charge in [-0.05, 0) is 25.1 Å². The highest BCUT2D eigenvalue weighted by Gasteiger charge is 2.24. The molecule has 4 nitrogen and oxygen atoms in total. The van der Waals surface area contributed by atoms with Crippen LogP contribution >= 0.6 is 11.6 Å². The summed E-state index contributed by atoms with van der Waals surface area (Å²) in [5.41, 5.74) is 1.95. The fraction of sp³-hybridized carbons (Fsp3) is 0.417. The number of imidazole rings is 1. The molecular weight excluding hydrogens is 236 g/mol. The summed E-state index contributed by atoms with van der Waals surface area (Å²) in [6.07, 6.45) is 0. The van der Waals surface area contributed by atoms with E-state index in [2.05, 4.69) is 27.5 Å². The smallest absolute Gasteiger partial charge is 0.126 e. The highest BCUT2D eigenvalue weighted by Crippen LogP contribution is 2.22. The second kappa shape index (κ2) is 4.29. The Labute approximate surface area is 105 Å². The second-order valence-corrected chi connectivity index (χ2v) is 4.89. The van der Waals surface area contributed by atoms with Crippen molar-refractivity contribution in [2.24, 2.45) is 0 Å². The first-order valence-electron chi connectivity index (χ1n) is 5.86. The van der Waals surface area contributed by atoms with E-state index in [0.29, 0.717) is 6.04 Å². The molecule has 5 heteroatoms. The van der Waals surface area contributed by atoms with Crippen LogP contribution in [-0.2, 0) is 0 Å². The Morgan fingerprint density at radius 1 is 1.29 bits per heavy atom. The maximum Gasteiger partial charge on any atom is 0.126 e. The summed E-state index contributed by atoms with van der Waals surface area (Å²) in [7, 11) is 0. The van der Waals surface area contributed by atoms with Gasteiger partial charge >= 0.3 is 0 Å². The number of piperazine rings is 1. The van der Waals surface area contributed by atoms with Gasteiger partial charge < -0.3 is 15.6 Å². The fourth-order valence-corrected chi connectivity index (χ4v) is 2.48. The standard InChI is InChI=1S/C12H15ClN4/c1-7-11(15-5-4-14-7)12-16-9-3-2-8(13)6-10(9)17-12/h2-3,6-7,11,14-15H,4-5H2,1H3,(H,16,17). The van der Waals surface area contributed by atoms with Crippen molar-refractivity contribution in [2.75, 3.05) is 13.1 Å². The van der Waals surface area contributed by atoms with Crippen LogP contribution in [0.2, 0.25) is 5.02 Å². The van der Waals surface area contributed by atoms with Crippen LogP contribution in [0.25, 0.3) is 11.0 Å². The first-order valence-corrected chi connectivity index (χ1v) is 6.24. The molecule has 2 unspecified atom stereocenters. The van der Waals surface area contributed by atoms with Gasteiger partial charge in [0, 0.05) is 24.2 Å². The van der Waals surface area contributed by atoms with Gasteiger partial charge in [0.15, 0.2) is 0 Å². The minimum Gasteiger partial charge on any atom is -0.341 e. The molecule has 0 aliphatic carbocycles. The number of halogens is 1. The highest BCUT2D eigenvalue weighted by molar-refractivity contribution is 6.31. The third-order valence-corrected chi connectivity index (χ3v) is 3.45. The third kappa shape index (κ3) is 2.04. The molecule has 2 aromatic rings. The van der Waals surface area contributed by atoms with Crippen LogP contribution in [-0.4, -0.2) is 29.1 Å². The average Bonchev–Trinajstić information content (AvgIpc) is 2.72. The molecule has 90 valence electrons. The molecule has 0 amide bonds. The molecule has 0 radical (unpaired) electrons. The predicted octanol–water partition coefficient (Wildman–Crippen LogP) is 1.84. The van der Waals surface area contributed by atoms with Crippen molar-refractivity contribution in [3.8, 4) is 0 Å². The van der Waals surface area contributed by atoms with Crippen molar-refractivity contribution in [3.63, 3.8) is 0 Å². The largest absolute Gasteiger partial charge is 0.341 e. The molecule has 3 N–H and O–H groups in total. The van der Waals surface area contributed by atoms with E-state index in [4.69, 9.17) is 11.6 Å². The van der Waals surface area contributed by atoms with Gasteiger partial charge in [-0.3, -0.25) is 0 Å². The van der Waals surface area contributed by atoms with Crippen LogP contribution in [0, 0.1) is 0 Å². The number of hydrogen-bond acceptors (Lipinski definition) is 3. The van der Waals surface area contributed by atoms with Crippen LogP contribution < -0.4 is 10.6 Å². The first-order chi connectivity index (χ1) is 8.24. The normalized spacial score (nSPS) is 25.3. The Balaban J connectivity index is 1.99. The van der Waals surface area contributed by atoms with Crippen LogP contribution in [0.15, 0.2) is 18.2 Å². The lowest BCUT2D eigenvalue weighted by Crippen LogP contribution is -2.49. The quantitative estimate of drug-likeness (QED) is 0.724. The lowest BCUT2D eigenvalue weighted by molar-refractivity contribution is 0.336. The van der Waals surface area contributed by atoms with E-state index >= 15 is 0 Å². The minimum atomic E-state index is 0.231. The zero-order valence-electron chi connectivity index (χ0n) is 9.63. The van der Waals surface area contributed by atoms with Crippen LogP contribution in [0.5, 0.6) is 0 Å². The van der Waals surface area contributed by atoms with Gasteiger partial charge in [-0.1, -0.05) is 11.6 Å². The molecule has 17 heavy (non-hydrogen) atoms. The van der Waals surface area contributed by atoms with Crippen molar-refractivity contribution in [1.29, 1.82) is 0 Å². The topological polar surface area (TPSA) is 52.7 Å². The fourth-order valence-electron chi connectivity index (χ4n) is 2.30. The van der Waals surface area contributed by atoms with Crippen molar-refractivity contribution in [3.05, 3.63) is 29.0 Å². The van der Waals surface area contributed by atoms with Crippen molar-refractivity contribution in [2.45, 2.75) is 19.0 Å². The Bertz CT molecular complexity index is 536. The maximum absolute atomic E-state index is 5.97. The SMILES string of the molecule is CC1NCCNC1c1nc2ccc(Cl)cc2[nH]1. The van der Waals surface area contributed by atoms with Gasteiger partial charge in [0.05, 0.1) is 17.1 Å². The summed E-state index contributed by atoms with van der Waals surface area (Å²) in [5, 5.41) is 7.64. The number of fused-ring (bicyclic) bond motifs is 1. The summed E-state index contributed by atoms with van der Waals surface area (Å²) in [5.74, 6) is 0.974. The molecule has 2 atom stereocenters. The number of aromatic nitrogens is 2. The molecule has 1 aromatic carbocycles. The molecule has 0 spiro atoms. The molecule has 3 rings (SSSR count). The Morgan fingerprint density at radius 3 is 2.94 bits per heavy atom. The Morgan fingerprint density at radius 2 is 2.12 bits per heavy atom. The van der Waals surface area contributed by atoms with Gasteiger partial charge in [-0.25, -0.2) is 4.98 Å². The van der Waals surface area contributed by atoms with Gasteiger partial charge in [0.25, 0.3) is 0 Å². The summed E-state index contributed by atoms with van der Waals surface area (Å²) in [6, 6.07) is 6.33. The number of H-pyrrole nitrogens is 1. The Kier molecular flexibility index (Phi) is 2.78. The zero-order valence-corrected chi connectivity index (χ0v) is 10.4. The number of nitrogens with one attached hydrogen (secondary N) is 3. The van der Waals surface area contributed by atoms with Gasteiger partial charge in [-0.2, -0.15) is 0 Å². The molecule has 1 fully saturated rings. The summed E-state index contributed by atoms with van der Waals surface area (Å²) < 4.78 is 0. The average molecular weight is 251 g/mol. The second-order valence-electron chi connectivity index (χ2n) is 4.46. The highest BCUT2D eigenvalue weighted by atomic mass is 35.5. The van der Waals surface area contributed by atoms with Crippen molar-refractivity contribution < 1.29 is 0 Å². The number of aromatic amines is 1. The number of hydrogen-bond donors (Lipinski definition) is 3. The number of rotatable bonds is 1.